The van der Waals surface area contributed by atoms with Crippen LogP contribution in [0.15, 0.2) is 61.7 Å². The van der Waals surface area contributed by atoms with Crippen LogP contribution in [0.5, 0.6) is 0 Å². The van der Waals surface area contributed by atoms with Gasteiger partial charge in [-0.15, -0.1) is 0 Å². The number of allylic oxidation sites excluding steroid dienone is 2. The van der Waals surface area contributed by atoms with Gasteiger partial charge in [0.05, 0.1) is 12.8 Å². The summed E-state index contributed by atoms with van der Waals surface area (Å²) in [5.74, 6) is -0.456. The first kappa shape index (κ1) is 31.0. The molecule has 5 heteroatoms. The Bertz CT molecular complexity index is 1060. The molecule has 0 fully saturated rings. The molecule has 206 valence electrons. The summed E-state index contributed by atoms with van der Waals surface area (Å²) in [6.45, 7) is 21.9. The van der Waals surface area contributed by atoms with Gasteiger partial charge in [-0.2, -0.15) is 0 Å². The van der Waals surface area contributed by atoms with Crippen molar-refractivity contribution in [3.8, 4) is 0 Å². The lowest BCUT2D eigenvalue weighted by Gasteiger charge is -2.25. The van der Waals surface area contributed by atoms with Crippen molar-refractivity contribution in [3.63, 3.8) is 0 Å². The molecule has 0 saturated heterocycles. The number of ether oxygens (including phenoxy) is 2. The van der Waals surface area contributed by atoms with Crippen molar-refractivity contribution in [2.24, 2.45) is 0 Å². The quantitative estimate of drug-likeness (QED) is 0.257. The van der Waals surface area contributed by atoms with E-state index >= 15 is 0 Å². The van der Waals surface area contributed by atoms with Gasteiger partial charge in [0.2, 0.25) is 0 Å². The zero-order chi connectivity index (χ0) is 28.5. The van der Waals surface area contributed by atoms with E-state index < -0.39 is 0 Å². The highest BCUT2D eigenvalue weighted by Gasteiger charge is 2.27. The van der Waals surface area contributed by atoms with Crippen LogP contribution < -0.4 is 0 Å². The Morgan fingerprint density at radius 3 is 1.45 bits per heavy atom. The maximum atomic E-state index is 12.5. The van der Waals surface area contributed by atoms with Crippen LogP contribution in [0.4, 0.5) is 0 Å². The largest absolute Gasteiger partial charge is 0.464 e. The molecule has 0 aromatic heterocycles. The van der Waals surface area contributed by atoms with E-state index in [0.717, 1.165) is 33.4 Å². The van der Waals surface area contributed by atoms with Crippen LogP contribution in [0.25, 0.3) is 11.1 Å². The molecular formula is C33H45NO4. The molecule has 2 aromatic carbocycles. The third-order valence-electron chi connectivity index (χ3n) is 6.92. The predicted octanol–water partition coefficient (Wildman–Crippen LogP) is 6.81. The van der Waals surface area contributed by atoms with Gasteiger partial charge in [-0.1, -0.05) is 101 Å². The molecule has 0 atom stereocenters. The van der Waals surface area contributed by atoms with Crippen molar-refractivity contribution in [1.29, 1.82) is 0 Å². The SMILES string of the molecule is C=C(C)c1cccc(C(C)(C)CC(=O)OCCN(C)CCOC(=O)CC(C)(C)c2cccc(C(=C)C)c2)c1. The molecule has 0 radical (unpaired) electrons. The molecule has 2 rings (SSSR count). The van der Waals surface area contributed by atoms with Crippen molar-refractivity contribution in [3.05, 3.63) is 83.9 Å². The molecule has 38 heavy (non-hydrogen) atoms. The minimum atomic E-state index is -0.345. The van der Waals surface area contributed by atoms with Crippen LogP contribution in [0, 0.1) is 0 Å². The molecule has 0 heterocycles. The molecule has 0 aliphatic heterocycles. The number of likely N-dealkylation sites (N-methyl/N-ethyl adjacent to an activating group) is 1. The summed E-state index contributed by atoms with van der Waals surface area (Å²) in [6.07, 6.45) is 0.581. The third-order valence-corrected chi connectivity index (χ3v) is 6.92. The first-order valence-electron chi connectivity index (χ1n) is 13.2. The fourth-order valence-electron chi connectivity index (χ4n) is 4.18. The topological polar surface area (TPSA) is 55.8 Å². The van der Waals surface area contributed by atoms with Gasteiger partial charge in [-0.3, -0.25) is 14.5 Å². The van der Waals surface area contributed by atoms with Crippen LogP contribution in [0.2, 0.25) is 0 Å². The smallest absolute Gasteiger partial charge is 0.306 e. The van der Waals surface area contributed by atoms with E-state index in [1.54, 1.807) is 0 Å². The lowest BCUT2D eigenvalue weighted by atomic mass is 9.80. The van der Waals surface area contributed by atoms with Crippen molar-refractivity contribution in [2.75, 3.05) is 33.4 Å². The monoisotopic (exact) mass is 519 g/mol. The van der Waals surface area contributed by atoms with Gasteiger partial charge >= 0.3 is 11.9 Å². The predicted molar refractivity (Wildman–Crippen MR) is 157 cm³/mol. The van der Waals surface area contributed by atoms with Gasteiger partial charge in [0.15, 0.2) is 0 Å². The van der Waals surface area contributed by atoms with Crippen molar-refractivity contribution in [2.45, 2.75) is 65.2 Å². The second-order valence-electron chi connectivity index (χ2n) is 11.6. The average Bonchev–Trinajstić information content (AvgIpc) is 2.83. The molecule has 0 bridgehead atoms. The van der Waals surface area contributed by atoms with Gasteiger partial charge in [0.1, 0.15) is 13.2 Å². The Hall–Kier alpha value is -3.18. The van der Waals surface area contributed by atoms with E-state index in [1.807, 2.05) is 89.9 Å². The normalized spacial score (nSPS) is 11.8. The number of rotatable bonds is 14. The van der Waals surface area contributed by atoms with Crippen molar-refractivity contribution < 1.29 is 19.1 Å². The summed E-state index contributed by atoms with van der Waals surface area (Å²) in [7, 11) is 1.92. The van der Waals surface area contributed by atoms with E-state index in [2.05, 4.69) is 25.3 Å². The van der Waals surface area contributed by atoms with E-state index in [-0.39, 0.29) is 36.0 Å². The zero-order valence-electron chi connectivity index (χ0n) is 24.4. The average molecular weight is 520 g/mol. The highest BCUT2D eigenvalue weighted by atomic mass is 16.5. The maximum absolute atomic E-state index is 12.5. The molecular weight excluding hydrogens is 474 g/mol. The van der Waals surface area contributed by atoms with Gasteiger partial charge in [0, 0.05) is 23.9 Å². The second-order valence-corrected chi connectivity index (χ2v) is 11.6. The molecule has 0 N–H and O–H groups in total. The summed E-state index contributed by atoms with van der Waals surface area (Å²) in [5.41, 5.74) is 5.62. The first-order valence-corrected chi connectivity index (χ1v) is 13.2. The molecule has 5 nitrogen and oxygen atoms in total. The fourth-order valence-corrected chi connectivity index (χ4v) is 4.18. The minimum absolute atomic E-state index is 0.228. The Labute approximate surface area is 229 Å². The summed E-state index contributed by atoms with van der Waals surface area (Å²) in [6, 6.07) is 16.3. The van der Waals surface area contributed by atoms with Crippen molar-refractivity contribution in [1.82, 2.24) is 4.90 Å². The summed E-state index contributed by atoms with van der Waals surface area (Å²) in [4.78, 5) is 27.0. The third kappa shape index (κ3) is 9.60. The molecule has 0 saturated carbocycles. The number of nitrogens with zero attached hydrogens (tertiary/aromatic N) is 1. The van der Waals surface area contributed by atoms with E-state index in [1.165, 1.54) is 0 Å². The van der Waals surface area contributed by atoms with Crippen LogP contribution in [-0.2, 0) is 29.9 Å². The highest BCUT2D eigenvalue weighted by molar-refractivity contribution is 5.72. The summed E-state index contributed by atoms with van der Waals surface area (Å²) < 4.78 is 11.0. The van der Waals surface area contributed by atoms with Crippen LogP contribution in [-0.4, -0.2) is 50.2 Å². The number of carbonyl (C=O) groups excluding carboxylic acids is 2. The molecule has 0 spiro atoms. The lowest BCUT2D eigenvalue weighted by molar-refractivity contribution is -0.145. The van der Waals surface area contributed by atoms with E-state index in [9.17, 15) is 9.59 Å². The second kappa shape index (κ2) is 13.6. The minimum Gasteiger partial charge on any atom is -0.464 e. The van der Waals surface area contributed by atoms with Gasteiger partial charge in [-0.05, 0) is 43.1 Å². The summed E-state index contributed by atoms with van der Waals surface area (Å²) in [5, 5.41) is 0. The number of hydrogen-bond donors (Lipinski definition) is 0. The Kier molecular flexibility index (Phi) is 11.1. The number of carbonyl (C=O) groups is 2. The van der Waals surface area contributed by atoms with Gasteiger partial charge in [0.25, 0.3) is 0 Å². The van der Waals surface area contributed by atoms with Crippen molar-refractivity contribution >= 4 is 23.1 Å². The highest BCUT2D eigenvalue weighted by Crippen LogP contribution is 2.30. The number of benzene rings is 2. The first-order chi connectivity index (χ1) is 17.7. The molecule has 0 amide bonds. The molecule has 0 unspecified atom stereocenters. The fraction of sp³-hybridized carbons (Fsp3) is 0.455. The summed E-state index contributed by atoms with van der Waals surface area (Å²) >= 11 is 0. The van der Waals surface area contributed by atoms with Crippen LogP contribution >= 0.6 is 0 Å². The Balaban J connectivity index is 1.72. The standard InChI is InChI=1S/C33H45NO4/c1-24(2)26-12-10-14-28(20-26)32(5,6)22-30(35)37-18-16-34(9)17-19-38-31(36)23-33(7,8)29-15-11-13-27(21-29)25(3)4/h10-15,20-21H,1,3,16-19,22-23H2,2,4-9H3. The number of hydrogen-bond acceptors (Lipinski definition) is 5. The van der Waals surface area contributed by atoms with Gasteiger partial charge in [-0.25, -0.2) is 0 Å². The van der Waals surface area contributed by atoms with Gasteiger partial charge < -0.3 is 9.47 Å². The number of esters is 2. The van der Waals surface area contributed by atoms with E-state index in [4.69, 9.17) is 9.47 Å². The lowest BCUT2D eigenvalue weighted by Crippen LogP contribution is -2.30. The Morgan fingerprint density at radius 1 is 0.737 bits per heavy atom. The molecule has 0 aliphatic rings. The van der Waals surface area contributed by atoms with Crippen LogP contribution in [0.3, 0.4) is 0 Å². The van der Waals surface area contributed by atoms with E-state index in [0.29, 0.717) is 25.9 Å². The zero-order valence-corrected chi connectivity index (χ0v) is 24.4. The Morgan fingerprint density at radius 2 is 1.11 bits per heavy atom. The molecule has 0 aliphatic carbocycles. The van der Waals surface area contributed by atoms with Crippen LogP contribution in [0.1, 0.15) is 76.6 Å². The molecule has 2 aromatic rings. The maximum Gasteiger partial charge on any atom is 0.306 e.